The zero-order valence-corrected chi connectivity index (χ0v) is 10.0. The van der Waals surface area contributed by atoms with Crippen LogP contribution in [0, 0.1) is 0 Å². The molecule has 0 saturated heterocycles. The minimum atomic E-state index is -1.04. The summed E-state index contributed by atoms with van der Waals surface area (Å²) >= 11 is 11.8. The second-order valence-electron chi connectivity index (χ2n) is 3.38. The fourth-order valence-corrected chi connectivity index (χ4v) is 2.05. The third kappa shape index (κ3) is 2.57. The molecule has 0 aliphatic rings. The Morgan fingerprint density at radius 2 is 1.82 bits per heavy atom. The number of aromatic nitrogens is 1. The van der Waals surface area contributed by atoms with Crippen molar-refractivity contribution in [3.63, 3.8) is 0 Å². The van der Waals surface area contributed by atoms with Crippen LogP contribution < -0.4 is 0 Å². The molecule has 1 aromatic heterocycles. The lowest BCUT2D eigenvalue weighted by Crippen LogP contribution is -2.00. The summed E-state index contributed by atoms with van der Waals surface area (Å²) in [5, 5.41) is 9.98. The third-order valence-electron chi connectivity index (χ3n) is 2.23. The minimum absolute atomic E-state index is 0.117. The van der Waals surface area contributed by atoms with E-state index < -0.39 is 5.97 Å². The van der Waals surface area contributed by atoms with Crippen LogP contribution in [0.5, 0.6) is 0 Å². The quantitative estimate of drug-likeness (QED) is 0.902. The van der Waals surface area contributed by atoms with Gasteiger partial charge in [0, 0.05) is 22.4 Å². The van der Waals surface area contributed by atoms with Gasteiger partial charge in [-0.15, -0.1) is 0 Å². The van der Waals surface area contributed by atoms with Gasteiger partial charge < -0.3 is 5.11 Å². The molecule has 86 valence electrons. The summed E-state index contributed by atoms with van der Waals surface area (Å²) in [6, 6.07) is 6.53. The first-order chi connectivity index (χ1) is 8.08. The van der Waals surface area contributed by atoms with E-state index in [1.165, 1.54) is 12.4 Å². The van der Waals surface area contributed by atoms with Crippen molar-refractivity contribution in [2.24, 2.45) is 0 Å². The minimum Gasteiger partial charge on any atom is -0.478 e. The summed E-state index contributed by atoms with van der Waals surface area (Å²) in [5.74, 6) is -1.04. The number of carbonyl (C=O) groups is 1. The van der Waals surface area contributed by atoms with Gasteiger partial charge in [0.05, 0.1) is 5.56 Å². The van der Waals surface area contributed by atoms with Crippen molar-refractivity contribution in [1.82, 2.24) is 4.98 Å². The standard InChI is InChI=1S/C12H7Cl2NO2/c13-8-3-7(4-9(14)5-8)10-1-2-15-6-11(10)12(16)17/h1-6H,(H,16,17). The van der Waals surface area contributed by atoms with Crippen molar-refractivity contribution in [3.8, 4) is 11.1 Å². The molecule has 0 atom stereocenters. The zero-order chi connectivity index (χ0) is 12.4. The Labute approximate surface area is 108 Å². The molecule has 0 radical (unpaired) electrons. The summed E-state index contributed by atoms with van der Waals surface area (Å²) in [5.41, 5.74) is 1.31. The number of carboxylic acid groups (broad SMARTS) is 1. The van der Waals surface area contributed by atoms with E-state index in [0.29, 0.717) is 21.2 Å². The Kier molecular flexibility index (Phi) is 3.31. The first-order valence-electron chi connectivity index (χ1n) is 4.71. The Morgan fingerprint density at radius 3 is 2.41 bits per heavy atom. The highest BCUT2D eigenvalue weighted by Crippen LogP contribution is 2.29. The molecule has 5 heteroatoms. The number of hydrogen-bond donors (Lipinski definition) is 1. The number of aromatic carboxylic acids is 1. The van der Waals surface area contributed by atoms with Gasteiger partial charge in [-0.2, -0.15) is 0 Å². The van der Waals surface area contributed by atoms with E-state index in [9.17, 15) is 4.79 Å². The van der Waals surface area contributed by atoms with Crippen LogP contribution in [0.1, 0.15) is 10.4 Å². The molecule has 0 amide bonds. The number of benzene rings is 1. The molecule has 1 heterocycles. The lowest BCUT2D eigenvalue weighted by molar-refractivity contribution is 0.0697. The van der Waals surface area contributed by atoms with Gasteiger partial charge in [-0.3, -0.25) is 4.98 Å². The number of halogens is 2. The van der Waals surface area contributed by atoms with Crippen LogP contribution in [0.2, 0.25) is 10.0 Å². The predicted octanol–water partition coefficient (Wildman–Crippen LogP) is 3.75. The van der Waals surface area contributed by atoms with E-state index in [1.54, 1.807) is 24.3 Å². The number of hydrogen-bond acceptors (Lipinski definition) is 2. The SMILES string of the molecule is O=C(O)c1cnccc1-c1cc(Cl)cc(Cl)c1. The Bertz CT molecular complexity index is 564. The second kappa shape index (κ2) is 4.73. The lowest BCUT2D eigenvalue weighted by Gasteiger charge is -2.06. The lowest BCUT2D eigenvalue weighted by atomic mass is 10.0. The van der Waals surface area contributed by atoms with Crippen LogP contribution in [0.4, 0.5) is 0 Å². The van der Waals surface area contributed by atoms with Crippen LogP contribution in [-0.2, 0) is 0 Å². The fourth-order valence-electron chi connectivity index (χ4n) is 1.53. The predicted molar refractivity (Wildman–Crippen MR) is 66.7 cm³/mol. The fraction of sp³-hybridized carbons (Fsp3) is 0. The second-order valence-corrected chi connectivity index (χ2v) is 4.26. The largest absolute Gasteiger partial charge is 0.478 e. The normalized spacial score (nSPS) is 10.2. The molecule has 0 spiro atoms. The smallest absolute Gasteiger partial charge is 0.337 e. The molecule has 0 saturated carbocycles. The van der Waals surface area contributed by atoms with Crippen LogP contribution in [0.25, 0.3) is 11.1 Å². The van der Waals surface area contributed by atoms with Crippen LogP contribution in [0.15, 0.2) is 36.7 Å². The van der Waals surface area contributed by atoms with Gasteiger partial charge in [-0.25, -0.2) is 4.79 Å². The van der Waals surface area contributed by atoms with E-state index in [2.05, 4.69) is 4.98 Å². The Hall–Kier alpha value is -1.58. The molecule has 2 rings (SSSR count). The highest BCUT2D eigenvalue weighted by Gasteiger charge is 2.12. The average Bonchev–Trinajstić information content (AvgIpc) is 2.27. The highest BCUT2D eigenvalue weighted by molar-refractivity contribution is 6.35. The monoisotopic (exact) mass is 267 g/mol. The summed E-state index contributed by atoms with van der Waals surface area (Å²) < 4.78 is 0. The molecule has 2 aromatic rings. The molecule has 0 bridgehead atoms. The van der Waals surface area contributed by atoms with Crippen molar-refractivity contribution in [1.29, 1.82) is 0 Å². The molecule has 3 nitrogen and oxygen atoms in total. The van der Waals surface area contributed by atoms with Gasteiger partial charge in [0.1, 0.15) is 0 Å². The summed E-state index contributed by atoms with van der Waals surface area (Å²) in [6.45, 7) is 0. The molecule has 0 unspecified atom stereocenters. The van der Waals surface area contributed by atoms with Gasteiger partial charge in [-0.05, 0) is 35.4 Å². The zero-order valence-electron chi connectivity index (χ0n) is 8.52. The maximum Gasteiger partial charge on any atom is 0.337 e. The van der Waals surface area contributed by atoms with Crippen molar-refractivity contribution in [2.75, 3.05) is 0 Å². The Morgan fingerprint density at radius 1 is 1.18 bits per heavy atom. The number of pyridine rings is 1. The van der Waals surface area contributed by atoms with Crippen molar-refractivity contribution >= 4 is 29.2 Å². The van der Waals surface area contributed by atoms with Crippen LogP contribution >= 0.6 is 23.2 Å². The summed E-state index contributed by atoms with van der Waals surface area (Å²) in [4.78, 5) is 14.8. The van der Waals surface area contributed by atoms with Crippen molar-refractivity contribution in [3.05, 3.63) is 52.3 Å². The first kappa shape index (κ1) is 11.9. The number of nitrogens with zero attached hydrogens (tertiary/aromatic N) is 1. The number of rotatable bonds is 2. The van der Waals surface area contributed by atoms with E-state index in [0.717, 1.165) is 0 Å². The maximum absolute atomic E-state index is 11.1. The summed E-state index contributed by atoms with van der Waals surface area (Å²) in [6.07, 6.45) is 2.82. The third-order valence-corrected chi connectivity index (χ3v) is 2.66. The summed E-state index contributed by atoms with van der Waals surface area (Å²) in [7, 11) is 0. The van der Waals surface area contributed by atoms with Gasteiger partial charge in [0.25, 0.3) is 0 Å². The molecular weight excluding hydrogens is 261 g/mol. The van der Waals surface area contributed by atoms with E-state index in [-0.39, 0.29) is 5.56 Å². The highest BCUT2D eigenvalue weighted by atomic mass is 35.5. The van der Waals surface area contributed by atoms with Gasteiger partial charge in [0.15, 0.2) is 0 Å². The van der Waals surface area contributed by atoms with Crippen molar-refractivity contribution < 1.29 is 9.90 Å². The molecule has 0 aliphatic heterocycles. The molecule has 1 aromatic carbocycles. The van der Waals surface area contributed by atoms with Gasteiger partial charge >= 0.3 is 5.97 Å². The Balaban J connectivity index is 2.64. The topological polar surface area (TPSA) is 50.2 Å². The van der Waals surface area contributed by atoms with Crippen molar-refractivity contribution in [2.45, 2.75) is 0 Å². The van der Waals surface area contributed by atoms with Crippen LogP contribution in [0.3, 0.4) is 0 Å². The van der Waals surface area contributed by atoms with Crippen LogP contribution in [-0.4, -0.2) is 16.1 Å². The first-order valence-corrected chi connectivity index (χ1v) is 5.47. The van der Waals surface area contributed by atoms with Gasteiger partial charge in [0.2, 0.25) is 0 Å². The number of carboxylic acids is 1. The van der Waals surface area contributed by atoms with E-state index >= 15 is 0 Å². The molecule has 17 heavy (non-hydrogen) atoms. The molecule has 0 fully saturated rings. The molecule has 0 aliphatic carbocycles. The van der Waals surface area contributed by atoms with E-state index in [4.69, 9.17) is 28.3 Å². The maximum atomic E-state index is 11.1. The molecular formula is C12H7Cl2NO2. The van der Waals surface area contributed by atoms with E-state index in [1.807, 2.05) is 0 Å². The van der Waals surface area contributed by atoms with Gasteiger partial charge in [-0.1, -0.05) is 23.2 Å². The average molecular weight is 268 g/mol. The molecule has 1 N–H and O–H groups in total.